The van der Waals surface area contributed by atoms with Crippen molar-refractivity contribution >= 4 is 36.7 Å². The average Bonchev–Trinajstić information content (AvgIpc) is 2.44. The number of hydrogen-bond donors (Lipinski definition) is 3. The highest BCUT2D eigenvalue weighted by molar-refractivity contribution is 7.86. The Morgan fingerprint density at radius 3 is 2.33 bits per heavy atom. The first-order chi connectivity index (χ1) is 11.1. The minimum atomic E-state index is -4.47. The monoisotopic (exact) mass is 375 g/mol. The lowest BCUT2D eigenvalue weighted by Crippen LogP contribution is -2.06. The molecular formula is C14H17NO7S2. The van der Waals surface area contributed by atoms with E-state index in [2.05, 4.69) is 0 Å². The van der Waals surface area contributed by atoms with E-state index in [1.807, 2.05) is 0 Å². The number of ether oxygens (including phenoxy) is 1. The van der Waals surface area contributed by atoms with Crippen LogP contribution in [0.15, 0.2) is 35.2 Å². The number of benzene rings is 2. The summed E-state index contributed by atoms with van der Waals surface area (Å²) in [5.74, 6) is -0.157. The molecule has 0 aliphatic heterocycles. The fourth-order valence-electron chi connectivity index (χ4n) is 2.19. The third kappa shape index (κ3) is 5.06. The van der Waals surface area contributed by atoms with Gasteiger partial charge in [0.2, 0.25) is 0 Å². The van der Waals surface area contributed by atoms with Gasteiger partial charge in [-0.3, -0.25) is 9.11 Å². The van der Waals surface area contributed by atoms with Crippen LogP contribution in [0.4, 0.5) is 5.69 Å². The van der Waals surface area contributed by atoms with Crippen molar-refractivity contribution in [1.29, 1.82) is 0 Å². The smallest absolute Gasteiger partial charge is 0.295 e. The highest BCUT2D eigenvalue weighted by Crippen LogP contribution is 2.30. The molecule has 0 aliphatic rings. The van der Waals surface area contributed by atoms with Crippen LogP contribution in [0.3, 0.4) is 0 Å². The number of hydrogen-bond acceptors (Lipinski definition) is 6. The molecule has 0 spiro atoms. The minimum absolute atomic E-state index is 0.126. The van der Waals surface area contributed by atoms with E-state index < -0.39 is 20.2 Å². The second-order valence-corrected chi connectivity index (χ2v) is 8.18. The average molecular weight is 375 g/mol. The van der Waals surface area contributed by atoms with Gasteiger partial charge in [0.25, 0.3) is 20.2 Å². The molecule has 0 saturated heterocycles. The van der Waals surface area contributed by atoms with E-state index in [0.29, 0.717) is 17.5 Å². The van der Waals surface area contributed by atoms with Crippen molar-refractivity contribution in [3.05, 3.63) is 30.3 Å². The first kappa shape index (κ1) is 18.5. The summed E-state index contributed by atoms with van der Waals surface area (Å²) in [4.78, 5) is -0.319. The van der Waals surface area contributed by atoms with Crippen molar-refractivity contribution < 1.29 is 30.7 Å². The molecular weight excluding hydrogens is 358 g/mol. The number of fused-ring (bicyclic) bond motifs is 1. The minimum Gasteiger partial charge on any atom is -0.494 e. The van der Waals surface area contributed by atoms with Crippen molar-refractivity contribution in [3.63, 3.8) is 0 Å². The molecule has 2 aromatic carbocycles. The summed E-state index contributed by atoms with van der Waals surface area (Å²) in [6, 6.07) is 7.40. The van der Waals surface area contributed by atoms with Gasteiger partial charge < -0.3 is 10.5 Å². The predicted octanol–water partition coefficient (Wildman–Crippen LogP) is 1.72. The largest absolute Gasteiger partial charge is 0.494 e. The van der Waals surface area contributed by atoms with Gasteiger partial charge in [-0.05, 0) is 36.4 Å². The van der Waals surface area contributed by atoms with Crippen LogP contribution in [-0.4, -0.2) is 38.3 Å². The molecule has 0 heterocycles. The fraction of sp³-hybridized carbons (Fsp3) is 0.286. The summed E-state index contributed by atoms with van der Waals surface area (Å²) in [5.41, 5.74) is 6.00. The number of anilines is 1. The lowest BCUT2D eigenvalue weighted by atomic mass is 10.1. The van der Waals surface area contributed by atoms with Gasteiger partial charge in [0.05, 0.1) is 12.4 Å². The van der Waals surface area contributed by atoms with E-state index in [4.69, 9.17) is 15.0 Å². The van der Waals surface area contributed by atoms with Crippen LogP contribution in [0, 0.1) is 0 Å². The summed E-state index contributed by atoms with van der Waals surface area (Å²) in [6.07, 6.45) is 0.550. The van der Waals surface area contributed by atoms with Gasteiger partial charge in [-0.25, -0.2) is 0 Å². The summed E-state index contributed by atoms with van der Waals surface area (Å²) in [7, 11) is -8.48. The quantitative estimate of drug-likeness (QED) is 0.377. The Bertz CT molecular complexity index is 952. The number of rotatable bonds is 7. The lowest BCUT2D eigenvalue weighted by molar-refractivity contribution is 0.308. The molecule has 0 bridgehead atoms. The molecule has 0 unspecified atom stereocenters. The fourth-order valence-corrected chi connectivity index (χ4v) is 3.48. The number of nitrogens with two attached hydrogens (primary N) is 1. The van der Waals surface area contributed by atoms with Gasteiger partial charge >= 0.3 is 0 Å². The SMILES string of the molecule is Nc1ccc2cc(OCCCCS(=O)(=O)O)cc(S(=O)(=O)O)c2c1. The molecule has 0 aliphatic carbocycles. The van der Waals surface area contributed by atoms with Crippen LogP contribution >= 0.6 is 0 Å². The van der Waals surface area contributed by atoms with Crippen molar-refractivity contribution in [2.45, 2.75) is 17.7 Å². The molecule has 2 aromatic rings. The molecule has 2 rings (SSSR count). The molecule has 10 heteroatoms. The second-order valence-electron chi connectivity index (χ2n) is 5.22. The third-order valence-electron chi connectivity index (χ3n) is 3.26. The van der Waals surface area contributed by atoms with Crippen LogP contribution in [0.5, 0.6) is 5.75 Å². The van der Waals surface area contributed by atoms with Gasteiger partial charge in [-0.1, -0.05) is 6.07 Å². The van der Waals surface area contributed by atoms with Gasteiger partial charge in [0, 0.05) is 17.1 Å². The lowest BCUT2D eigenvalue weighted by Gasteiger charge is -2.11. The van der Waals surface area contributed by atoms with Crippen LogP contribution in [0.1, 0.15) is 12.8 Å². The molecule has 132 valence electrons. The summed E-state index contributed by atoms with van der Waals surface area (Å²) in [6.45, 7) is 0.126. The molecule has 8 nitrogen and oxygen atoms in total. The highest BCUT2D eigenvalue weighted by Gasteiger charge is 2.16. The maximum absolute atomic E-state index is 11.6. The molecule has 0 radical (unpaired) electrons. The van der Waals surface area contributed by atoms with Gasteiger partial charge in [-0.2, -0.15) is 16.8 Å². The number of unbranched alkanes of at least 4 members (excludes halogenated alkanes) is 1. The van der Waals surface area contributed by atoms with Crippen LogP contribution < -0.4 is 10.5 Å². The van der Waals surface area contributed by atoms with Gasteiger partial charge in [0.15, 0.2) is 0 Å². The van der Waals surface area contributed by atoms with Crippen molar-refractivity contribution in [2.24, 2.45) is 0 Å². The molecule has 0 amide bonds. The van der Waals surface area contributed by atoms with Crippen molar-refractivity contribution in [2.75, 3.05) is 18.1 Å². The Balaban J connectivity index is 2.21. The first-order valence-corrected chi connectivity index (χ1v) is 10.00. The predicted molar refractivity (Wildman–Crippen MR) is 89.3 cm³/mol. The highest BCUT2D eigenvalue weighted by atomic mass is 32.2. The van der Waals surface area contributed by atoms with E-state index in [9.17, 15) is 21.4 Å². The third-order valence-corrected chi connectivity index (χ3v) is 4.96. The topological polar surface area (TPSA) is 144 Å². The summed E-state index contributed by atoms with van der Waals surface area (Å²) in [5, 5.41) is 0.795. The summed E-state index contributed by atoms with van der Waals surface area (Å²) < 4.78 is 67.8. The molecule has 0 saturated carbocycles. The maximum Gasteiger partial charge on any atom is 0.295 e. The Kier molecular flexibility index (Phi) is 5.33. The summed E-state index contributed by atoms with van der Waals surface area (Å²) >= 11 is 0. The maximum atomic E-state index is 11.6. The van der Waals surface area contributed by atoms with E-state index in [1.165, 1.54) is 12.1 Å². The van der Waals surface area contributed by atoms with Gasteiger partial charge in [0.1, 0.15) is 10.6 Å². The number of nitrogen functional groups attached to an aromatic ring is 1. The van der Waals surface area contributed by atoms with Crippen molar-refractivity contribution in [3.8, 4) is 5.75 Å². The zero-order valence-electron chi connectivity index (χ0n) is 12.5. The van der Waals surface area contributed by atoms with Crippen LogP contribution in [0.25, 0.3) is 10.8 Å². The Morgan fingerprint density at radius 2 is 1.71 bits per heavy atom. The van der Waals surface area contributed by atoms with E-state index in [1.54, 1.807) is 18.2 Å². The Labute approximate surface area is 139 Å². The Hall–Kier alpha value is -1.88. The van der Waals surface area contributed by atoms with E-state index in [0.717, 1.165) is 0 Å². The zero-order valence-corrected chi connectivity index (χ0v) is 14.2. The zero-order chi connectivity index (χ0) is 18.0. The molecule has 0 atom stereocenters. The molecule has 24 heavy (non-hydrogen) atoms. The van der Waals surface area contributed by atoms with Gasteiger partial charge in [-0.15, -0.1) is 0 Å². The Morgan fingerprint density at radius 1 is 1.00 bits per heavy atom. The first-order valence-electron chi connectivity index (χ1n) is 6.95. The standard InChI is InChI=1S/C14H17NO7S2/c15-11-4-3-10-7-12(22-5-1-2-6-23(16,17)18)9-14(13(10)8-11)24(19,20)21/h3-4,7-9H,1-2,5-6,15H2,(H,16,17,18)(H,19,20,21). The van der Waals surface area contributed by atoms with Crippen LogP contribution in [-0.2, 0) is 20.2 Å². The van der Waals surface area contributed by atoms with E-state index >= 15 is 0 Å². The van der Waals surface area contributed by atoms with Crippen molar-refractivity contribution in [1.82, 2.24) is 0 Å². The molecule has 0 fully saturated rings. The normalized spacial score (nSPS) is 12.4. The van der Waals surface area contributed by atoms with E-state index in [-0.39, 0.29) is 34.8 Å². The van der Waals surface area contributed by atoms with Crippen LogP contribution in [0.2, 0.25) is 0 Å². The second kappa shape index (κ2) is 6.93. The molecule has 0 aromatic heterocycles. The molecule has 4 N–H and O–H groups in total.